The van der Waals surface area contributed by atoms with Gasteiger partial charge in [-0.25, -0.2) is 4.39 Å². The highest BCUT2D eigenvalue weighted by Gasteiger charge is 2.26. The highest BCUT2D eigenvalue weighted by Crippen LogP contribution is 2.38. The molecule has 6 rings (SSSR count). The second-order valence-corrected chi connectivity index (χ2v) is 15.0. The van der Waals surface area contributed by atoms with Gasteiger partial charge in [-0.15, -0.1) is 0 Å². The van der Waals surface area contributed by atoms with Gasteiger partial charge in [-0.2, -0.15) is 0 Å². The van der Waals surface area contributed by atoms with Crippen molar-refractivity contribution in [3.05, 3.63) is 87.6 Å². The number of carbonyl (C=O) groups excluding carboxylic acids is 2. The van der Waals surface area contributed by atoms with Crippen LogP contribution in [-0.4, -0.2) is 68.0 Å². The zero-order chi connectivity index (χ0) is 37.5. The van der Waals surface area contributed by atoms with Crippen LogP contribution in [0.5, 0.6) is 5.75 Å². The first-order valence-electron chi connectivity index (χ1n) is 18.8. The van der Waals surface area contributed by atoms with E-state index in [0.29, 0.717) is 40.0 Å². The normalized spacial score (nSPS) is 16.4. The second kappa shape index (κ2) is 17.6. The van der Waals surface area contributed by atoms with E-state index in [1.165, 1.54) is 18.9 Å². The van der Waals surface area contributed by atoms with Crippen LogP contribution in [0.2, 0.25) is 5.02 Å². The summed E-state index contributed by atoms with van der Waals surface area (Å²) in [6.45, 7) is 4.42. The molecule has 1 aromatic heterocycles. The van der Waals surface area contributed by atoms with E-state index in [1.54, 1.807) is 31.8 Å². The van der Waals surface area contributed by atoms with Crippen LogP contribution in [-0.2, 0) is 23.2 Å². The van der Waals surface area contributed by atoms with E-state index in [2.05, 4.69) is 20.4 Å². The Balaban J connectivity index is 0.967. The number of likely N-dealkylation sites (tertiary alicyclic amines) is 1. The summed E-state index contributed by atoms with van der Waals surface area (Å²) in [6.07, 6.45) is 10.0. The summed E-state index contributed by atoms with van der Waals surface area (Å²) in [7, 11) is 5.02. The van der Waals surface area contributed by atoms with E-state index < -0.39 is 6.04 Å². The van der Waals surface area contributed by atoms with Gasteiger partial charge in [-0.3, -0.25) is 14.5 Å². The Morgan fingerprint density at radius 2 is 1.68 bits per heavy atom. The molecule has 1 amide bonds. The number of ether oxygens (including phenoxy) is 1. The number of nitrogens with zero attached hydrogens (tertiary/aromatic N) is 3. The standard InChI is InChI=1S/C42H51ClFN5O4/c1-45-41(51)13-11-32(27-50)46-31-10-12-39(38(44)24-31)49-20-16-29(17-21-49)9-8-28-14-18-48(19-15-28)26-36-37(43)22-30(23-40(36)53-3)35-25-47(2)42(52)34-7-5-4-6-33(34)35/h4-7,10,12,22-25,27-29,32,46H,8-9,11,13-21,26H2,1-3H3,(H,45,51). The van der Waals surface area contributed by atoms with Gasteiger partial charge in [-0.1, -0.05) is 42.6 Å². The number of rotatable bonds is 14. The van der Waals surface area contributed by atoms with E-state index in [9.17, 15) is 14.4 Å². The molecule has 0 bridgehead atoms. The molecule has 3 aromatic carbocycles. The fraction of sp³-hybridized carbons (Fsp3) is 0.452. The maximum atomic E-state index is 15.2. The lowest BCUT2D eigenvalue weighted by Crippen LogP contribution is -2.35. The summed E-state index contributed by atoms with van der Waals surface area (Å²) in [4.78, 5) is 40.4. The Morgan fingerprint density at radius 3 is 2.32 bits per heavy atom. The van der Waals surface area contributed by atoms with Gasteiger partial charge in [0.2, 0.25) is 5.91 Å². The SMILES string of the molecule is CNC(=O)CCC(C=O)Nc1ccc(N2CCC(CCC3CCN(Cc4c(Cl)cc(-c5cn(C)c(=O)c6ccccc56)cc4OC)CC3)CC2)c(F)c1. The number of hydrogen-bond donors (Lipinski definition) is 2. The maximum Gasteiger partial charge on any atom is 0.258 e. The number of fused-ring (bicyclic) bond motifs is 1. The number of anilines is 2. The van der Waals surface area contributed by atoms with Gasteiger partial charge >= 0.3 is 0 Å². The lowest BCUT2D eigenvalue weighted by atomic mass is 9.85. The van der Waals surface area contributed by atoms with Crippen molar-refractivity contribution in [1.82, 2.24) is 14.8 Å². The predicted octanol–water partition coefficient (Wildman–Crippen LogP) is 7.42. The minimum Gasteiger partial charge on any atom is -0.496 e. The first kappa shape index (κ1) is 38.3. The average molecular weight is 744 g/mol. The van der Waals surface area contributed by atoms with Crippen molar-refractivity contribution in [2.75, 3.05) is 50.6 Å². The van der Waals surface area contributed by atoms with Crippen LogP contribution in [0.4, 0.5) is 15.8 Å². The maximum absolute atomic E-state index is 15.2. The average Bonchev–Trinajstić information content (AvgIpc) is 3.18. The van der Waals surface area contributed by atoms with Gasteiger partial charge in [0.25, 0.3) is 5.56 Å². The zero-order valence-electron chi connectivity index (χ0n) is 31.0. The number of piperidine rings is 2. The number of pyridine rings is 1. The molecule has 4 aromatic rings. The Hall–Kier alpha value is -4.41. The first-order chi connectivity index (χ1) is 25.7. The van der Waals surface area contributed by atoms with Crippen LogP contribution < -0.4 is 25.8 Å². The van der Waals surface area contributed by atoms with Gasteiger partial charge in [-0.05, 0) is 104 Å². The van der Waals surface area contributed by atoms with Crippen molar-refractivity contribution in [3.8, 4) is 16.9 Å². The van der Waals surface area contributed by atoms with Gasteiger partial charge in [0, 0.05) is 73.6 Å². The predicted molar refractivity (Wildman–Crippen MR) is 212 cm³/mol. The third-order valence-corrected chi connectivity index (χ3v) is 11.6. The van der Waals surface area contributed by atoms with E-state index in [1.807, 2.05) is 48.7 Å². The third-order valence-electron chi connectivity index (χ3n) is 11.2. The highest BCUT2D eigenvalue weighted by molar-refractivity contribution is 6.32. The van der Waals surface area contributed by atoms with Crippen LogP contribution in [0, 0.1) is 17.7 Å². The summed E-state index contributed by atoms with van der Waals surface area (Å²) in [6, 6.07) is 16.2. The quantitative estimate of drug-likeness (QED) is 0.130. The summed E-state index contributed by atoms with van der Waals surface area (Å²) >= 11 is 6.96. The largest absolute Gasteiger partial charge is 0.496 e. The van der Waals surface area contributed by atoms with Crippen LogP contribution >= 0.6 is 11.6 Å². The Kier molecular flexibility index (Phi) is 12.7. The molecule has 0 spiro atoms. The van der Waals surface area contributed by atoms with Crippen LogP contribution in [0.3, 0.4) is 0 Å². The van der Waals surface area contributed by atoms with Crippen LogP contribution in [0.15, 0.2) is 65.6 Å². The van der Waals surface area contributed by atoms with Crippen molar-refractivity contribution in [1.29, 1.82) is 0 Å². The number of aldehydes is 1. The number of halogens is 2. The molecule has 0 radical (unpaired) electrons. The molecule has 9 nitrogen and oxygen atoms in total. The molecule has 0 aliphatic carbocycles. The van der Waals surface area contributed by atoms with E-state index in [-0.39, 0.29) is 23.7 Å². The molecule has 1 atom stereocenters. The lowest BCUT2D eigenvalue weighted by Gasteiger charge is -2.36. The summed E-state index contributed by atoms with van der Waals surface area (Å²) in [5.41, 5.74) is 3.96. The van der Waals surface area contributed by atoms with E-state index in [0.717, 1.165) is 92.5 Å². The smallest absolute Gasteiger partial charge is 0.258 e. The molecule has 2 saturated heterocycles. The summed E-state index contributed by atoms with van der Waals surface area (Å²) in [5, 5.41) is 7.83. The molecule has 3 heterocycles. The zero-order valence-corrected chi connectivity index (χ0v) is 31.8. The summed E-state index contributed by atoms with van der Waals surface area (Å²) in [5.74, 6) is 1.67. The van der Waals surface area contributed by atoms with E-state index in [4.69, 9.17) is 16.3 Å². The molecule has 2 N–H and O–H groups in total. The highest BCUT2D eigenvalue weighted by atomic mass is 35.5. The lowest BCUT2D eigenvalue weighted by molar-refractivity contribution is -0.120. The Morgan fingerprint density at radius 1 is 1.00 bits per heavy atom. The van der Waals surface area contributed by atoms with Crippen molar-refractivity contribution in [2.45, 2.75) is 64.0 Å². The number of aromatic nitrogens is 1. The number of aryl methyl sites for hydroxylation is 1. The Labute approximate surface area is 316 Å². The number of amides is 1. The van der Waals surface area contributed by atoms with Crippen LogP contribution in [0.1, 0.15) is 56.9 Å². The van der Waals surface area contributed by atoms with Gasteiger partial charge in [0.05, 0.1) is 18.8 Å². The molecular formula is C42H51ClFN5O4. The molecule has 53 heavy (non-hydrogen) atoms. The summed E-state index contributed by atoms with van der Waals surface area (Å²) < 4.78 is 22.7. The van der Waals surface area contributed by atoms with Gasteiger partial charge in [0.15, 0.2) is 0 Å². The monoisotopic (exact) mass is 743 g/mol. The number of carbonyl (C=O) groups is 2. The topological polar surface area (TPSA) is 95.9 Å². The number of hydrogen-bond acceptors (Lipinski definition) is 7. The molecule has 2 aliphatic rings. The fourth-order valence-electron chi connectivity index (χ4n) is 7.99. The Bertz CT molecular complexity index is 1970. The van der Waals surface area contributed by atoms with Crippen LogP contribution in [0.25, 0.3) is 21.9 Å². The third kappa shape index (κ3) is 9.22. The molecule has 0 saturated carbocycles. The minimum atomic E-state index is -0.554. The molecule has 11 heteroatoms. The van der Waals surface area contributed by atoms with E-state index >= 15 is 4.39 Å². The van der Waals surface area contributed by atoms with Crippen molar-refractivity contribution < 1.29 is 18.7 Å². The second-order valence-electron chi connectivity index (χ2n) is 14.6. The molecular weight excluding hydrogens is 693 g/mol. The number of methoxy groups -OCH3 is 1. The molecule has 2 fully saturated rings. The van der Waals surface area contributed by atoms with Gasteiger partial charge < -0.3 is 29.6 Å². The van der Waals surface area contributed by atoms with Crippen molar-refractivity contribution >= 4 is 45.9 Å². The molecule has 282 valence electrons. The van der Waals surface area contributed by atoms with Gasteiger partial charge in [0.1, 0.15) is 17.9 Å². The van der Waals surface area contributed by atoms with Crippen molar-refractivity contribution in [3.63, 3.8) is 0 Å². The first-order valence-corrected chi connectivity index (χ1v) is 19.2. The number of benzene rings is 3. The molecule has 2 aliphatic heterocycles. The minimum absolute atomic E-state index is 0.0268. The van der Waals surface area contributed by atoms with Crippen molar-refractivity contribution in [2.24, 2.45) is 18.9 Å². The number of nitrogens with one attached hydrogen (secondary N) is 2. The molecule has 1 unspecified atom stereocenters. The fourth-order valence-corrected chi connectivity index (χ4v) is 8.26.